The summed E-state index contributed by atoms with van der Waals surface area (Å²) in [6, 6.07) is 10.9. The number of carbonyl (C=O) groups is 1. The van der Waals surface area contributed by atoms with Gasteiger partial charge in [0.05, 0.1) is 25.3 Å². The molecule has 0 aromatic heterocycles. The Hall–Kier alpha value is -2.21. The van der Waals surface area contributed by atoms with Crippen LogP contribution in [0.2, 0.25) is 0 Å². The molecule has 0 saturated carbocycles. The third-order valence-electron chi connectivity index (χ3n) is 3.41. The number of methoxy groups -OCH3 is 2. The predicted octanol–water partition coefficient (Wildman–Crippen LogP) is 3.80. The highest BCUT2D eigenvalue weighted by atomic mass is 79.9. The lowest BCUT2D eigenvalue weighted by Gasteiger charge is -2.14. The lowest BCUT2D eigenvalue weighted by atomic mass is 10.1. The van der Waals surface area contributed by atoms with E-state index in [1.54, 1.807) is 26.4 Å². The van der Waals surface area contributed by atoms with Crippen molar-refractivity contribution in [1.29, 1.82) is 0 Å². The molecule has 0 bridgehead atoms. The molecule has 2 rings (SSSR count). The first-order chi connectivity index (χ1) is 11.6. The second-order valence-electron chi connectivity index (χ2n) is 4.92. The maximum Gasteiger partial charge on any atom is 0.251 e. The molecule has 0 radical (unpaired) electrons. The van der Waals surface area contributed by atoms with Gasteiger partial charge in [0.1, 0.15) is 5.75 Å². The van der Waals surface area contributed by atoms with Crippen molar-refractivity contribution in [3.05, 3.63) is 52.0 Å². The number of carbonyl (C=O) groups excluding carboxylic acids is 1. The topological polar surface area (TPSA) is 56.8 Å². The van der Waals surface area contributed by atoms with Crippen molar-refractivity contribution in [1.82, 2.24) is 5.32 Å². The molecule has 0 aliphatic heterocycles. The molecule has 2 aromatic rings. The first-order valence-electron chi connectivity index (χ1n) is 7.51. The van der Waals surface area contributed by atoms with Crippen LogP contribution in [-0.4, -0.2) is 26.7 Å². The lowest BCUT2D eigenvalue weighted by Crippen LogP contribution is -2.23. The highest BCUT2D eigenvalue weighted by molar-refractivity contribution is 9.10. The number of amides is 1. The molecular formula is C18H20BrNO4. The Morgan fingerprint density at radius 3 is 2.50 bits per heavy atom. The molecule has 0 aliphatic carbocycles. The van der Waals surface area contributed by atoms with Crippen LogP contribution in [0.3, 0.4) is 0 Å². The number of para-hydroxylation sites is 1. The maximum atomic E-state index is 12.4. The van der Waals surface area contributed by atoms with E-state index in [4.69, 9.17) is 14.2 Å². The van der Waals surface area contributed by atoms with Gasteiger partial charge in [-0.3, -0.25) is 4.79 Å². The molecule has 0 heterocycles. The molecule has 128 valence electrons. The van der Waals surface area contributed by atoms with Crippen LogP contribution in [-0.2, 0) is 6.54 Å². The van der Waals surface area contributed by atoms with Gasteiger partial charge in [-0.05, 0) is 41.1 Å². The van der Waals surface area contributed by atoms with Crippen molar-refractivity contribution in [2.75, 3.05) is 20.8 Å². The Kier molecular flexibility index (Phi) is 6.49. The predicted molar refractivity (Wildman–Crippen MR) is 96.0 cm³/mol. The third-order valence-corrected chi connectivity index (χ3v) is 4.00. The molecule has 1 amide bonds. The number of benzene rings is 2. The second kappa shape index (κ2) is 8.59. The summed E-state index contributed by atoms with van der Waals surface area (Å²) in [6.45, 7) is 2.77. The molecule has 0 atom stereocenters. The van der Waals surface area contributed by atoms with Crippen molar-refractivity contribution >= 4 is 21.8 Å². The molecule has 1 N–H and O–H groups in total. The molecule has 5 nitrogen and oxygen atoms in total. The number of halogens is 1. The van der Waals surface area contributed by atoms with Crippen LogP contribution in [0.5, 0.6) is 17.2 Å². The van der Waals surface area contributed by atoms with Gasteiger partial charge < -0.3 is 19.5 Å². The summed E-state index contributed by atoms with van der Waals surface area (Å²) >= 11 is 3.42. The van der Waals surface area contributed by atoms with Crippen molar-refractivity contribution in [3.8, 4) is 17.2 Å². The Bertz CT molecular complexity index is 718. The number of rotatable bonds is 7. The number of hydrogen-bond acceptors (Lipinski definition) is 4. The number of ether oxygens (including phenoxy) is 3. The van der Waals surface area contributed by atoms with E-state index in [9.17, 15) is 4.79 Å². The van der Waals surface area contributed by atoms with E-state index in [0.29, 0.717) is 34.7 Å². The van der Waals surface area contributed by atoms with E-state index < -0.39 is 0 Å². The number of nitrogens with one attached hydrogen (secondary N) is 1. The molecule has 6 heteroatoms. The highest BCUT2D eigenvalue weighted by Gasteiger charge is 2.15. The monoisotopic (exact) mass is 393 g/mol. The van der Waals surface area contributed by atoms with Crippen molar-refractivity contribution in [2.45, 2.75) is 13.5 Å². The summed E-state index contributed by atoms with van der Waals surface area (Å²) in [6.07, 6.45) is 0. The van der Waals surface area contributed by atoms with Crippen LogP contribution in [0, 0.1) is 0 Å². The summed E-state index contributed by atoms with van der Waals surface area (Å²) in [5.41, 5.74) is 1.39. The largest absolute Gasteiger partial charge is 0.496 e. The van der Waals surface area contributed by atoms with Crippen molar-refractivity contribution in [2.24, 2.45) is 0 Å². The van der Waals surface area contributed by atoms with Crippen LogP contribution in [0.15, 0.2) is 40.9 Å². The van der Waals surface area contributed by atoms with Crippen molar-refractivity contribution in [3.63, 3.8) is 0 Å². The average Bonchev–Trinajstić information content (AvgIpc) is 2.61. The van der Waals surface area contributed by atoms with Gasteiger partial charge in [-0.1, -0.05) is 18.2 Å². The van der Waals surface area contributed by atoms with E-state index >= 15 is 0 Å². The van der Waals surface area contributed by atoms with Gasteiger partial charge in [0.2, 0.25) is 0 Å². The van der Waals surface area contributed by atoms with Gasteiger partial charge >= 0.3 is 0 Å². The van der Waals surface area contributed by atoms with Crippen LogP contribution < -0.4 is 19.5 Å². The van der Waals surface area contributed by atoms with Crippen LogP contribution >= 0.6 is 15.9 Å². The molecule has 0 spiro atoms. The fourth-order valence-electron chi connectivity index (χ4n) is 2.26. The average molecular weight is 394 g/mol. The Morgan fingerprint density at radius 2 is 1.83 bits per heavy atom. The maximum absolute atomic E-state index is 12.4. The molecule has 2 aromatic carbocycles. The second-order valence-corrected chi connectivity index (χ2v) is 5.77. The molecule has 0 aliphatic rings. The zero-order valence-electron chi connectivity index (χ0n) is 13.9. The smallest absolute Gasteiger partial charge is 0.251 e. The van der Waals surface area contributed by atoms with Crippen LogP contribution in [0.4, 0.5) is 0 Å². The minimum absolute atomic E-state index is 0.206. The fraction of sp³-hybridized carbons (Fsp3) is 0.278. The molecule has 0 fully saturated rings. The van der Waals surface area contributed by atoms with Gasteiger partial charge in [-0.15, -0.1) is 0 Å². The summed E-state index contributed by atoms with van der Waals surface area (Å²) in [5.74, 6) is 1.63. The summed E-state index contributed by atoms with van der Waals surface area (Å²) in [7, 11) is 3.15. The van der Waals surface area contributed by atoms with Gasteiger partial charge in [0.25, 0.3) is 5.91 Å². The SMILES string of the molecule is CCOc1c(Br)cc(C(=O)NCc2ccccc2OC)cc1OC. The summed E-state index contributed by atoms with van der Waals surface area (Å²) in [4.78, 5) is 12.4. The van der Waals surface area contributed by atoms with E-state index in [2.05, 4.69) is 21.2 Å². The number of hydrogen-bond donors (Lipinski definition) is 1. The molecule has 0 unspecified atom stereocenters. The fourth-order valence-corrected chi connectivity index (χ4v) is 2.82. The van der Waals surface area contributed by atoms with Gasteiger partial charge in [-0.25, -0.2) is 0 Å². The Morgan fingerprint density at radius 1 is 1.12 bits per heavy atom. The molecular weight excluding hydrogens is 374 g/mol. The van der Waals surface area contributed by atoms with Crippen LogP contribution in [0.25, 0.3) is 0 Å². The van der Waals surface area contributed by atoms with Gasteiger partial charge in [-0.2, -0.15) is 0 Å². The Labute approximate surface area is 150 Å². The van der Waals surface area contributed by atoms with Crippen molar-refractivity contribution < 1.29 is 19.0 Å². The Balaban J connectivity index is 2.16. The zero-order chi connectivity index (χ0) is 17.5. The van der Waals surface area contributed by atoms with Gasteiger partial charge in [0.15, 0.2) is 11.5 Å². The normalized spacial score (nSPS) is 10.2. The summed E-state index contributed by atoms with van der Waals surface area (Å²) in [5, 5.41) is 2.88. The quantitative estimate of drug-likeness (QED) is 0.777. The van der Waals surface area contributed by atoms with E-state index in [-0.39, 0.29) is 5.91 Å². The zero-order valence-corrected chi connectivity index (χ0v) is 15.5. The van der Waals surface area contributed by atoms with E-state index in [0.717, 1.165) is 11.3 Å². The first kappa shape index (κ1) is 18.1. The third kappa shape index (κ3) is 4.20. The van der Waals surface area contributed by atoms with Crippen LogP contribution in [0.1, 0.15) is 22.8 Å². The van der Waals surface area contributed by atoms with E-state index in [1.165, 1.54) is 0 Å². The minimum Gasteiger partial charge on any atom is -0.496 e. The molecule has 0 saturated heterocycles. The minimum atomic E-state index is -0.206. The standard InChI is InChI=1S/C18H20BrNO4/c1-4-24-17-14(19)9-13(10-16(17)23-3)18(21)20-11-12-7-5-6-8-15(12)22-2/h5-10H,4,11H2,1-3H3,(H,20,21). The molecule has 24 heavy (non-hydrogen) atoms. The first-order valence-corrected chi connectivity index (χ1v) is 8.30. The summed E-state index contributed by atoms with van der Waals surface area (Å²) < 4.78 is 16.8. The lowest BCUT2D eigenvalue weighted by molar-refractivity contribution is 0.0950. The highest BCUT2D eigenvalue weighted by Crippen LogP contribution is 2.36. The van der Waals surface area contributed by atoms with E-state index in [1.807, 2.05) is 31.2 Å². The van der Waals surface area contributed by atoms with Gasteiger partial charge in [0, 0.05) is 17.7 Å².